The van der Waals surface area contributed by atoms with Crippen molar-refractivity contribution in [3.8, 4) is 17.2 Å². The summed E-state index contributed by atoms with van der Waals surface area (Å²) in [5.74, 6) is -0.230. The highest BCUT2D eigenvalue weighted by molar-refractivity contribution is 6.46. The molecule has 1 heterocycles. The first kappa shape index (κ1) is 22.2. The van der Waals surface area contributed by atoms with E-state index in [-0.39, 0.29) is 11.3 Å². The topological polar surface area (TPSA) is 85.3 Å². The molecule has 1 unspecified atom stereocenters. The zero-order valence-electron chi connectivity index (χ0n) is 18.4. The molecule has 1 N–H and O–H groups in total. The molecule has 0 radical (unpaired) electrons. The number of likely N-dealkylation sites (N-methyl/N-ethyl adjacent to an activating group) is 1. The van der Waals surface area contributed by atoms with Gasteiger partial charge in [-0.1, -0.05) is 17.7 Å². The number of aliphatic hydroxyl groups excluding tert-OH is 1. The van der Waals surface area contributed by atoms with Gasteiger partial charge >= 0.3 is 0 Å². The fraction of sp³-hybridized carbons (Fsp3) is 0.333. The lowest BCUT2D eigenvalue weighted by molar-refractivity contribution is -0.139. The van der Waals surface area contributed by atoms with E-state index in [9.17, 15) is 14.7 Å². The molecule has 0 bridgehead atoms. The van der Waals surface area contributed by atoms with Gasteiger partial charge in [0, 0.05) is 7.05 Å². The Bertz CT molecular complexity index is 1040. The van der Waals surface area contributed by atoms with Crippen LogP contribution in [0.2, 0.25) is 0 Å². The van der Waals surface area contributed by atoms with Crippen LogP contribution in [-0.4, -0.2) is 49.1 Å². The van der Waals surface area contributed by atoms with Crippen LogP contribution < -0.4 is 14.2 Å². The SMILES string of the molecule is CCOc1ccc(C2/C(=C(\O)c3cc(C)ccc3OC)C(=O)C(=O)N2C)cc1OCC. The molecule has 2 aromatic rings. The van der Waals surface area contributed by atoms with Crippen LogP contribution in [0, 0.1) is 6.92 Å². The maximum Gasteiger partial charge on any atom is 0.295 e. The second-order valence-electron chi connectivity index (χ2n) is 7.19. The van der Waals surface area contributed by atoms with Gasteiger partial charge in [0.25, 0.3) is 11.7 Å². The lowest BCUT2D eigenvalue weighted by Crippen LogP contribution is -2.24. The molecule has 0 spiro atoms. The Morgan fingerprint density at radius 2 is 1.65 bits per heavy atom. The van der Waals surface area contributed by atoms with E-state index in [1.807, 2.05) is 26.8 Å². The van der Waals surface area contributed by atoms with Crippen molar-refractivity contribution in [2.45, 2.75) is 26.8 Å². The lowest BCUT2D eigenvalue weighted by atomic mass is 9.94. The van der Waals surface area contributed by atoms with Gasteiger partial charge in [-0.15, -0.1) is 0 Å². The predicted octanol–water partition coefficient (Wildman–Crippen LogP) is 3.85. The van der Waals surface area contributed by atoms with Crippen molar-refractivity contribution in [3.63, 3.8) is 0 Å². The highest BCUT2D eigenvalue weighted by atomic mass is 16.5. The zero-order valence-corrected chi connectivity index (χ0v) is 18.4. The largest absolute Gasteiger partial charge is 0.507 e. The third kappa shape index (κ3) is 4.08. The van der Waals surface area contributed by atoms with Crippen molar-refractivity contribution < 1.29 is 28.9 Å². The first-order valence-electron chi connectivity index (χ1n) is 10.1. The number of likely N-dealkylation sites (tertiary alicyclic amines) is 1. The van der Waals surface area contributed by atoms with E-state index in [2.05, 4.69) is 0 Å². The zero-order chi connectivity index (χ0) is 22.7. The Morgan fingerprint density at radius 3 is 2.29 bits per heavy atom. The normalized spacial score (nSPS) is 17.7. The second kappa shape index (κ2) is 9.12. The van der Waals surface area contributed by atoms with Crippen molar-refractivity contribution in [1.29, 1.82) is 0 Å². The Morgan fingerprint density at radius 1 is 1.00 bits per heavy atom. The molecule has 1 fully saturated rings. The van der Waals surface area contributed by atoms with E-state index in [4.69, 9.17) is 14.2 Å². The molecule has 31 heavy (non-hydrogen) atoms. The van der Waals surface area contributed by atoms with Crippen molar-refractivity contribution >= 4 is 17.4 Å². The first-order valence-corrected chi connectivity index (χ1v) is 10.1. The van der Waals surface area contributed by atoms with E-state index < -0.39 is 17.7 Å². The first-order chi connectivity index (χ1) is 14.8. The summed E-state index contributed by atoms with van der Waals surface area (Å²) < 4.78 is 16.7. The maximum atomic E-state index is 12.9. The number of ether oxygens (including phenoxy) is 3. The third-order valence-electron chi connectivity index (χ3n) is 5.17. The van der Waals surface area contributed by atoms with E-state index in [1.165, 1.54) is 19.1 Å². The van der Waals surface area contributed by atoms with Crippen LogP contribution in [-0.2, 0) is 9.59 Å². The third-order valence-corrected chi connectivity index (χ3v) is 5.17. The van der Waals surface area contributed by atoms with Crippen LogP contribution in [0.25, 0.3) is 5.76 Å². The minimum Gasteiger partial charge on any atom is -0.507 e. The average molecular weight is 425 g/mol. The van der Waals surface area contributed by atoms with Gasteiger partial charge < -0.3 is 24.2 Å². The van der Waals surface area contributed by atoms with Gasteiger partial charge in [0.2, 0.25) is 0 Å². The van der Waals surface area contributed by atoms with E-state index in [0.29, 0.717) is 41.6 Å². The molecule has 7 nitrogen and oxygen atoms in total. The fourth-order valence-corrected chi connectivity index (χ4v) is 3.73. The fourth-order valence-electron chi connectivity index (χ4n) is 3.73. The highest BCUT2D eigenvalue weighted by Gasteiger charge is 2.44. The van der Waals surface area contributed by atoms with E-state index in [0.717, 1.165) is 5.56 Å². The van der Waals surface area contributed by atoms with Crippen LogP contribution in [0.4, 0.5) is 0 Å². The number of ketones is 1. The predicted molar refractivity (Wildman–Crippen MR) is 117 cm³/mol. The van der Waals surface area contributed by atoms with Crippen LogP contribution in [0.5, 0.6) is 17.2 Å². The van der Waals surface area contributed by atoms with Crippen molar-refractivity contribution in [1.82, 2.24) is 4.90 Å². The molecule has 1 amide bonds. The molecular weight excluding hydrogens is 398 g/mol. The summed E-state index contributed by atoms with van der Waals surface area (Å²) in [6.45, 7) is 6.50. The van der Waals surface area contributed by atoms with Gasteiger partial charge in [0.15, 0.2) is 11.5 Å². The van der Waals surface area contributed by atoms with Gasteiger partial charge in [0.1, 0.15) is 11.5 Å². The molecule has 3 rings (SSSR count). The molecule has 164 valence electrons. The molecule has 1 saturated heterocycles. The monoisotopic (exact) mass is 425 g/mol. The average Bonchev–Trinajstić information content (AvgIpc) is 2.98. The number of hydrogen-bond donors (Lipinski definition) is 1. The number of amides is 1. The molecule has 1 atom stereocenters. The Balaban J connectivity index is 2.20. The highest BCUT2D eigenvalue weighted by Crippen LogP contribution is 2.42. The second-order valence-corrected chi connectivity index (χ2v) is 7.19. The number of rotatable bonds is 7. The Labute approximate surface area is 181 Å². The number of Topliss-reactive ketones (excluding diaryl/α,β-unsaturated/α-hetero) is 1. The number of aryl methyl sites for hydroxylation is 1. The number of benzene rings is 2. The van der Waals surface area contributed by atoms with Crippen molar-refractivity contribution in [3.05, 3.63) is 58.7 Å². The summed E-state index contributed by atoms with van der Waals surface area (Å²) in [5, 5.41) is 11.1. The standard InChI is InChI=1S/C24H27NO6/c1-6-30-18-11-9-15(13-19(18)31-7-2)21-20(23(27)24(28)25(21)4)22(26)16-12-14(3)8-10-17(16)29-5/h8-13,21,26H,6-7H2,1-5H3/b22-20+. The Kier molecular flexibility index (Phi) is 6.53. The Hall–Kier alpha value is -3.48. The number of aliphatic hydroxyl groups is 1. The maximum absolute atomic E-state index is 12.9. The lowest BCUT2D eigenvalue weighted by Gasteiger charge is -2.22. The summed E-state index contributed by atoms with van der Waals surface area (Å²) in [4.78, 5) is 26.8. The van der Waals surface area contributed by atoms with Crippen molar-refractivity contribution in [2.75, 3.05) is 27.4 Å². The number of carbonyl (C=O) groups excluding carboxylic acids is 2. The van der Waals surface area contributed by atoms with E-state index in [1.54, 1.807) is 30.3 Å². The minimum atomic E-state index is -0.778. The minimum absolute atomic E-state index is 0.00279. The molecule has 1 aliphatic rings. The smallest absolute Gasteiger partial charge is 0.295 e. The number of methoxy groups -OCH3 is 1. The summed E-state index contributed by atoms with van der Waals surface area (Å²) >= 11 is 0. The van der Waals surface area contributed by atoms with Crippen LogP contribution in [0.15, 0.2) is 42.0 Å². The number of hydrogen-bond acceptors (Lipinski definition) is 6. The van der Waals surface area contributed by atoms with Crippen LogP contribution >= 0.6 is 0 Å². The molecule has 0 aromatic heterocycles. The molecular formula is C24H27NO6. The van der Waals surface area contributed by atoms with Crippen LogP contribution in [0.3, 0.4) is 0 Å². The molecule has 0 aliphatic carbocycles. The molecule has 0 saturated carbocycles. The summed E-state index contributed by atoms with van der Waals surface area (Å²) in [6, 6.07) is 9.74. The quantitative estimate of drug-likeness (QED) is 0.412. The van der Waals surface area contributed by atoms with Gasteiger partial charge in [-0.25, -0.2) is 0 Å². The summed E-state index contributed by atoms with van der Waals surface area (Å²) in [7, 11) is 3.02. The van der Waals surface area contributed by atoms with Gasteiger partial charge in [0.05, 0.1) is 37.5 Å². The van der Waals surface area contributed by atoms with Crippen LogP contribution in [0.1, 0.15) is 36.6 Å². The molecule has 2 aromatic carbocycles. The van der Waals surface area contributed by atoms with Crippen molar-refractivity contribution in [2.24, 2.45) is 0 Å². The molecule has 7 heteroatoms. The summed E-state index contributed by atoms with van der Waals surface area (Å²) in [5.41, 5.74) is 1.86. The molecule has 1 aliphatic heterocycles. The summed E-state index contributed by atoms with van der Waals surface area (Å²) in [6.07, 6.45) is 0. The van der Waals surface area contributed by atoms with Gasteiger partial charge in [-0.2, -0.15) is 0 Å². The van der Waals surface area contributed by atoms with Gasteiger partial charge in [-0.05, 0) is 50.6 Å². The number of carbonyl (C=O) groups is 2. The number of nitrogens with zero attached hydrogens (tertiary/aromatic N) is 1. The van der Waals surface area contributed by atoms with Gasteiger partial charge in [-0.3, -0.25) is 9.59 Å². The van der Waals surface area contributed by atoms with E-state index >= 15 is 0 Å².